The molecule has 0 aromatic carbocycles. The Morgan fingerprint density at radius 1 is 1.47 bits per heavy atom. The molecule has 0 saturated carbocycles. The van der Waals surface area contributed by atoms with Crippen molar-refractivity contribution in [3.05, 3.63) is 16.1 Å². The molecule has 1 aromatic heterocycles. The van der Waals surface area contributed by atoms with Gasteiger partial charge in [0, 0.05) is 17.1 Å². The van der Waals surface area contributed by atoms with Crippen molar-refractivity contribution in [2.45, 2.75) is 59.0 Å². The van der Waals surface area contributed by atoms with E-state index in [1.165, 1.54) is 29.1 Å². The van der Waals surface area contributed by atoms with Crippen molar-refractivity contribution >= 4 is 11.3 Å². The molecule has 1 heterocycles. The molecule has 0 saturated heterocycles. The molecule has 0 aliphatic carbocycles. The smallest absolute Gasteiger partial charge is 0.109 e. The van der Waals surface area contributed by atoms with Crippen LogP contribution in [0.4, 0.5) is 0 Å². The first kappa shape index (κ1) is 12.7. The van der Waals surface area contributed by atoms with Crippen molar-refractivity contribution in [3.63, 3.8) is 0 Å². The third-order valence-electron chi connectivity index (χ3n) is 2.63. The SMILES string of the molecule is CCCC(CC)NC(C)c1ncc(C)s1. The van der Waals surface area contributed by atoms with Crippen LogP contribution in [0, 0.1) is 6.92 Å². The summed E-state index contributed by atoms with van der Waals surface area (Å²) in [5.74, 6) is 0. The van der Waals surface area contributed by atoms with E-state index < -0.39 is 0 Å². The molecule has 86 valence electrons. The molecule has 0 fully saturated rings. The number of aryl methyl sites for hydroxylation is 1. The van der Waals surface area contributed by atoms with E-state index in [1.54, 1.807) is 11.3 Å². The number of nitrogens with one attached hydrogen (secondary N) is 1. The van der Waals surface area contributed by atoms with Crippen molar-refractivity contribution in [1.29, 1.82) is 0 Å². The highest BCUT2D eigenvalue weighted by Gasteiger charge is 2.13. The second-order valence-electron chi connectivity index (χ2n) is 4.09. The van der Waals surface area contributed by atoms with Gasteiger partial charge in [-0.05, 0) is 26.7 Å². The van der Waals surface area contributed by atoms with Gasteiger partial charge in [0.15, 0.2) is 0 Å². The van der Waals surface area contributed by atoms with Gasteiger partial charge in [0.1, 0.15) is 5.01 Å². The number of nitrogens with zero attached hydrogens (tertiary/aromatic N) is 1. The summed E-state index contributed by atoms with van der Waals surface area (Å²) in [6.07, 6.45) is 5.65. The Hall–Kier alpha value is -0.410. The van der Waals surface area contributed by atoms with Gasteiger partial charge >= 0.3 is 0 Å². The number of rotatable bonds is 6. The Morgan fingerprint density at radius 2 is 2.20 bits per heavy atom. The van der Waals surface area contributed by atoms with Crippen LogP contribution in [0.25, 0.3) is 0 Å². The van der Waals surface area contributed by atoms with Gasteiger partial charge in [0.25, 0.3) is 0 Å². The van der Waals surface area contributed by atoms with Crippen LogP contribution in [-0.4, -0.2) is 11.0 Å². The number of thiazole rings is 1. The predicted octanol–water partition coefficient (Wildman–Crippen LogP) is 3.68. The molecule has 3 heteroatoms. The fraction of sp³-hybridized carbons (Fsp3) is 0.750. The average molecular weight is 226 g/mol. The molecule has 15 heavy (non-hydrogen) atoms. The van der Waals surface area contributed by atoms with Crippen molar-refractivity contribution in [1.82, 2.24) is 10.3 Å². The molecule has 0 amide bonds. The maximum atomic E-state index is 4.42. The highest BCUT2D eigenvalue weighted by atomic mass is 32.1. The van der Waals surface area contributed by atoms with Crippen molar-refractivity contribution in [3.8, 4) is 0 Å². The van der Waals surface area contributed by atoms with Gasteiger partial charge < -0.3 is 5.32 Å². The second kappa shape index (κ2) is 6.23. The van der Waals surface area contributed by atoms with Crippen LogP contribution >= 0.6 is 11.3 Å². The van der Waals surface area contributed by atoms with E-state index in [0.717, 1.165) is 0 Å². The molecular weight excluding hydrogens is 204 g/mol. The highest BCUT2D eigenvalue weighted by molar-refractivity contribution is 7.11. The molecular formula is C12H22N2S. The topological polar surface area (TPSA) is 24.9 Å². The second-order valence-corrected chi connectivity index (χ2v) is 5.36. The van der Waals surface area contributed by atoms with E-state index in [0.29, 0.717) is 12.1 Å². The summed E-state index contributed by atoms with van der Waals surface area (Å²) in [6.45, 7) is 8.80. The molecule has 0 bridgehead atoms. The molecule has 0 aliphatic rings. The maximum absolute atomic E-state index is 4.42. The van der Waals surface area contributed by atoms with Crippen LogP contribution in [0.1, 0.15) is 56.0 Å². The summed E-state index contributed by atoms with van der Waals surface area (Å²) in [5.41, 5.74) is 0. The van der Waals surface area contributed by atoms with Gasteiger partial charge in [-0.1, -0.05) is 20.3 Å². The first-order valence-corrected chi connectivity index (χ1v) is 6.67. The average Bonchev–Trinajstić information content (AvgIpc) is 2.64. The van der Waals surface area contributed by atoms with E-state index in [2.05, 4.69) is 38.0 Å². The van der Waals surface area contributed by atoms with Crippen LogP contribution in [0.3, 0.4) is 0 Å². The molecule has 1 aromatic rings. The van der Waals surface area contributed by atoms with E-state index >= 15 is 0 Å². The van der Waals surface area contributed by atoms with Crippen LogP contribution in [0.15, 0.2) is 6.20 Å². The summed E-state index contributed by atoms with van der Waals surface area (Å²) in [4.78, 5) is 5.71. The Labute approximate surface area is 97.1 Å². The number of hydrogen-bond donors (Lipinski definition) is 1. The fourth-order valence-electron chi connectivity index (χ4n) is 1.75. The standard InChI is InChI=1S/C12H22N2S/c1-5-7-11(6-2)14-10(4)12-13-8-9(3)15-12/h8,10-11,14H,5-7H2,1-4H3. The summed E-state index contributed by atoms with van der Waals surface area (Å²) in [5, 5.41) is 4.86. The van der Waals surface area contributed by atoms with Crippen LogP contribution < -0.4 is 5.32 Å². The van der Waals surface area contributed by atoms with Gasteiger partial charge in [-0.3, -0.25) is 0 Å². The zero-order valence-corrected chi connectivity index (χ0v) is 11.0. The largest absolute Gasteiger partial charge is 0.305 e. The third-order valence-corrected chi connectivity index (χ3v) is 3.72. The first-order valence-electron chi connectivity index (χ1n) is 5.85. The van der Waals surface area contributed by atoms with E-state index in [1.807, 2.05) is 6.20 Å². The van der Waals surface area contributed by atoms with Crippen LogP contribution in [-0.2, 0) is 0 Å². The van der Waals surface area contributed by atoms with Crippen LogP contribution in [0.5, 0.6) is 0 Å². The quantitative estimate of drug-likeness (QED) is 0.800. The highest BCUT2D eigenvalue weighted by Crippen LogP contribution is 2.20. The Bertz CT molecular complexity index is 283. The van der Waals surface area contributed by atoms with E-state index in [4.69, 9.17) is 0 Å². The monoisotopic (exact) mass is 226 g/mol. The lowest BCUT2D eigenvalue weighted by molar-refractivity contribution is 0.416. The summed E-state index contributed by atoms with van der Waals surface area (Å²) >= 11 is 1.79. The zero-order chi connectivity index (χ0) is 11.3. The minimum atomic E-state index is 0.389. The normalized spacial score (nSPS) is 15.2. The molecule has 0 radical (unpaired) electrons. The lowest BCUT2D eigenvalue weighted by Crippen LogP contribution is -2.30. The lowest BCUT2D eigenvalue weighted by atomic mass is 10.1. The zero-order valence-electron chi connectivity index (χ0n) is 10.2. The van der Waals surface area contributed by atoms with Gasteiger partial charge in [0.2, 0.25) is 0 Å². The van der Waals surface area contributed by atoms with Gasteiger partial charge in [-0.2, -0.15) is 0 Å². The Morgan fingerprint density at radius 3 is 2.67 bits per heavy atom. The van der Waals surface area contributed by atoms with Crippen molar-refractivity contribution in [2.24, 2.45) is 0 Å². The predicted molar refractivity (Wildman–Crippen MR) is 67.4 cm³/mol. The number of aromatic nitrogens is 1. The third kappa shape index (κ3) is 3.92. The van der Waals surface area contributed by atoms with Gasteiger partial charge in [-0.15, -0.1) is 11.3 Å². The number of hydrogen-bond acceptors (Lipinski definition) is 3. The van der Waals surface area contributed by atoms with Crippen molar-refractivity contribution < 1.29 is 0 Å². The van der Waals surface area contributed by atoms with Gasteiger partial charge in [0.05, 0.1) is 6.04 Å². The minimum Gasteiger partial charge on any atom is -0.305 e. The molecule has 1 N–H and O–H groups in total. The first-order chi connectivity index (χ1) is 7.17. The minimum absolute atomic E-state index is 0.389. The molecule has 2 atom stereocenters. The van der Waals surface area contributed by atoms with Gasteiger partial charge in [-0.25, -0.2) is 4.98 Å². The van der Waals surface area contributed by atoms with Crippen LogP contribution in [0.2, 0.25) is 0 Å². The fourth-order valence-corrected chi connectivity index (χ4v) is 2.54. The summed E-state index contributed by atoms with van der Waals surface area (Å²) < 4.78 is 0. The summed E-state index contributed by atoms with van der Waals surface area (Å²) in [6, 6.07) is 1.02. The lowest BCUT2D eigenvalue weighted by Gasteiger charge is -2.20. The molecule has 0 aliphatic heterocycles. The molecule has 0 spiro atoms. The maximum Gasteiger partial charge on any atom is 0.109 e. The summed E-state index contributed by atoms with van der Waals surface area (Å²) in [7, 11) is 0. The Balaban J connectivity index is 2.50. The Kier molecular flexibility index (Phi) is 5.26. The molecule has 1 rings (SSSR count). The van der Waals surface area contributed by atoms with E-state index in [-0.39, 0.29) is 0 Å². The molecule has 2 unspecified atom stereocenters. The molecule has 2 nitrogen and oxygen atoms in total. The van der Waals surface area contributed by atoms with Crippen molar-refractivity contribution in [2.75, 3.05) is 0 Å². The van der Waals surface area contributed by atoms with E-state index in [9.17, 15) is 0 Å².